The van der Waals surface area contributed by atoms with Gasteiger partial charge in [-0.25, -0.2) is 13.8 Å². The second kappa shape index (κ2) is 7.98. The van der Waals surface area contributed by atoms with Gasteiger partial charge in [0.1, 0.15) is 0 Å². The van der Waals surface area contributed by atoms with Crippen molar-refractivity contribution in [2.24, 2.45) is 0 Å². The number of likely N-dealkylation sites (N-methyl/N-ethyl adjacent to an activating group) is 1. The van der Waals surface area contributed by atoms with Gasteiger partial charge in [-0.15, -0.1) is 0 Å². The molecule has 1 heterocycles. The van der Waals surface area contributed by atoms with Crippen LogP contribution in [-0.4, -0.2) is 28.4 Å². The average molecular weight is 462 g/mol. The molecule has 0 radical (unpaired) electrons. The summed E-state index contributed by atoms with van der Waals surface area (Å²) < 4.78 is 60.3. The first-order valence-corrected chi connectivity index (χ1v) is 11.4. The van der Waals surface area contributed by atoms with Crippen molar-refractivity contribution in [1.82, 2.24) is 4.90 Å². The minimum atomic E-state index is -4.59. The van der Waals surface area contributed by atoms with E-state index in [0.717, 1.165) is 22.6 Å². The monoisotopic (exact) mass is 462 g/mol. The van der Waals surface area contributed by atoms with Crippen LogP contribution in [0.5, 0.6) is 0 Å². The van der Waals surface area contributed by atoms with E-state index in [1.807, 2.05) is 0 Å². The van der Waals surface area contributed by atoms with Gasteiger partial charge in [-0.1, -0.05) is 18.2 Å². The van der Waals surface area contributed by atoms with Crippen LogP contribution in [0.4, 0.5) is 23.7 Å². The van der Waals surface area contributed by atoms with Gasteiger partial charge in [0.15, 0.2) is 0 Å². The highest BCUT2D eigenvalue weighted by Gasteiger charge is 2.40. The number of halogens is 3. The molecule has 0 aromatic heterocycles. The molecule has 0 bridgehead atoms. The van der Waals surface area contributed by atoms with E-state index in [2.05, 4.69) is 6.07 Å². The number of aryl methyl sites for hydroxylation is 1. The first-order chi connectivity index (χ1) is 14.8. The third-order valence-electron chi connectivity index (χ3n) is 5.31. The summed E-state index contributed by atoms with van der Waals surface area (Å²) in [5, 5.41) is 9.92. The predicted octanol–water partition coefficient (Wildman–Crippen LogP) is 5.46. The Balaban J connectivity index is 2.24. The molecule has 2 aromatic carbocycles. The number of carbonyl (C=O) groups excluding carboxylic acids is 1. The molecule has 0 saturated carbocycles. The number of nitrogens with zero attached hydrogens (tertiary/aromatic N) is 3. The average Bonchev–Trinajstić information content (AvgIpc) is 2.70. The molecule has 0 aliphatic carbocycles. The van der Waals surface area contributed by atoms with E-state index >= 15 is 0 Å². The largest absolute Gasteiger partial charge is 0.416 e. The lowest BCUT2D eigenvalue weighted by Crippen LogP contribution is -2.47. The number of nitriles is 1. The second-order valence-corrected chi connectivity index (χ2v) is 9.80. The van der Waals surface area contributed by atoms with Gasteiger partial charge in [-0.2, -0.15) is 18.4 Å². The number of amides is 2. The van der Waals surface area contributed by atoms with Crippen LogP contribution < -0.4 is 4.90 Å². The number of urea groups is 1. The lowest BCUT2D eigenvalue weighted by Gasteiger charge is -2.40. The highest BCUT2D eigenvalue weighted by atomic mass is 32.2. The maximum absolute atomic E-state index is 13.3. The fourth-order valence-corrected chi connectivity index (χ4v) is 4.80. The Morgan fingerprint density at radius 3 is 2.38 bits per heavy atom. The van der Waals surface area contributed by atoms with Gasteiger partial charge in [0.25, 0.3) is 0 Å². The summed E-state index contributed by atoms with van der Waals surface area (Å²) in [6.07, 6.45) is -3.33. The van der Waals surface area contributed by atoms with E-state index < -0.39 is 33.5 Å². The van der Waals surface area contributed by atoms with E-state index in [9.17, 15) is 27.4 Å². The topological polar surface area (TPSA) is 88.3 Å². The summed E-state index contributed by atoms with van der Waals surface area (Å²) in [5.74, 6) is 0. The molecule has 0 spiro atoms. The van der Waals surface area contributed by atoms with E-state index in [1.165, 1.54) is 37.3 Å². The second-order valence-electron chi connectivity index (χ2n) is 7.68. The van der Waals surface area contributed by atoms with Crippen molar-refractivity contribution in [2.45, 2.75) is 31.0 Å². The maximum Gasteiger partial charge on any atom is 0.416 e. The van der Waals surface area contributed by atoms with Crippen LogP contribution in [0.3, 0.4) is 0 Å². The van der Waals surface area contributed by atoms with Crippen LogP contribution in [0.25, 0.3) is 0 Å². The molecule has 2 atom stereocenters. The van der Waals surface area contributed by atoms with Gasteiger partial charge in [-0.05, 0) is 49.2 Å². The maximum atomic E-state index is 13.3. The third-order valence-corrected chi connectivity index (χ3v) is 6.51. The van der Waals surface area contributed by atoms with Gasteiger partial charge in [-0.3, -0.25) is 4.90 Å². The zero-order valence-corrected chi connectivity index (χ0v) is 18.6. The highest BCUT2D eigenvalue weighted by molar-refractivity contribution is 7.91. The van der Waals surface area contributed by atoms with Crippen molar-refractivity contribution < 1.29 is 22.2 Å². The molecule has 32 heavy (non-hydrogen) atoms. The van der Waals surface area contributed by atoms with Gasteiger partial charge in [0.05, 0.1) is 43.6 Å². The number of allylic oxidation sites excluding steroid dienone is 1. The number of alkyl halides is 3. The molecular weight excluding hydrogens is 441 g/mol. The summed E-state index contributed by atoms with van der Waals surface area (Å²) in [4.78, 5) is 15.8. The zero-order valence-electron chi connectivity index (χ0n) is 17.8. The molecule has 2 aromatic rings. The molecular formula is C22H21F3N4O2S. The lowest BCUT2D eigenvalue weighted by atomic mass is 9.93. The quantitative estimate of drug-likeness (QED) is 0.657. The van der Waals surface area contributed by atoms with Gasteiger partial charge < -0.3 is 4.90 Å². The molecule has 1 aliphatic heterocycles. The van der Waals surface area contributed by atoms with Crippen LogP contribution in [0.1, 0.15) is 29.7 Å². The molecule has 6 nitrogen and oxygen atoms in total. The van der Waals surface area contributed by atoms with Crippen molar-refractivity contribution in [2.75, 3.05) is 18.2 Å². The number of hydrogen-bond donors (Lipinski definition) is 1. The summed E-state index contributed by atoms with van der Waals surface area (Å²) in [5.41, 5.74) is 0.468. The molecule has 0 saturated heterocycles. The molecule has 1 N–H and O–H groups in total. The van der Waals surface area contributed by atoms with E-state index in [0.29, 0.717) is 5.56 Å². The Labute approximate surface area is 184 Å². The molecule has 168 valence electrons. The first-order valence-electron chi connectivity index (χ1n) is 9.46. The normalized spacial score (nSPS) is 19.1. The van der Waals surface area contributed by atoms with E-state index in [4.69, 9.17) is 4.78 Å². The molecule has 10 heteroatoms. The number of carbonyl (C=O) groups is 1. The molecule has 2 amide bonds. The van der Waals surface area contributed by atoms with Crippen molar-refractivity contribution in [1.29, 1.82) is 10.0 Å². The van der Waals surface area contributed by atoms with Crippen molar-refractivity contribution in [3.8, 4) is 6.07 Å². The molecule has 0 fully saturated rings. The minimum absolute atomic E-state index is 0.0238. The van der Waals surface area contributed by atoms with Crippen LogP contribution in [0, 0.1) is 23.0 Å². The van der Waals surface area contributed by atoms with Gasteiger partial charge >= 0.3 is 12.2 Å². The Kier molecular flexibility index (Phi) is 5.82. The summed E-state index contributed by atoms with van der Waals surface area (Å²) in [6.45, 7) is 3.25. The lowest BCUT2D eigenvalue weighted by molar-refractivity contribution is -0.137. The Bertz CT molecular complexity index is 1280. The predicted molar refractivity (Wildman–Crippen MR) is 114 cm³/mol. The van der Waals surface area contributed by atoms with Gasteiger partial charge in [0.2, 0.25) is 0 Å². The van der Waals surface area contributed by atoms with Crippen molar-refractivity contribution in [3.05, 3.63) is 70.4 Å². The fourth-order valence-electron chi connectivity index (χ4n) is 3.76. The number of nitrogens with one attached hydrogen (secondary N) is 1. The standard InChI is InChI=1S/C22H21F3N4O2S/c1-13-8-9-17(19(10-13)32(4,27)31)20-18(12-26)14(2)29(21(30)28(20)3)16-7-5-6-15(11-16)22(23,24)25/h5-11,20,27H,1-4H3/t20-,32-/m1/s1. The number of rotatable bonds is 3. The SMILES string of the molecule is CC1=C(C#N)[C@@H](c2ccc(C)cc2[S@](C)(=N)=O)N(C)C(=O)N1c1cccc(C(F)(F)F)c1. The highest BCUT2D eigenvalue weighted by Crippen LogP contribution is 2.41. The third kappa shape index (κ3) is 4.08. The minimum Gasteiger partial charge on any atom is -0.315 e. The van der Waals surface area contributed by atoms with Crippen LogP contribution in [0.2, 0.25) is 0 Å². The summed E-state index contributed by atoms with van der Waals surface area (Å²) in [6, 6.07) is 9.73. The Hall–Kier alpha value is -3.32. The Morgan fingerprint density at radius 2 is 1.81 bits per heavy atom. The zero-order chi connectivity index (χ0) is 24.0. The van der Waals surface area contributed by atoms with Crippen molar-refractivity contribution in [3.63, 3.8) is 0 Å². The van der Waals surface area contributed by atoms with Gasteiger partial charge in [0, 0.05) is 19.0 Å². The van der Waals surface area contributed by atoms with E-state index in [1.54, 1.807) is 25.1 Å². The summed E-state index contributed by atoms with van der Waals surface area (Å²) in [7, 11) is -1.77. The smallest absolute Gasteiger partial charge is 0.315 e. The fraction of sp³-hybridized carbons (Fsp3) is 0.273. The number of benzene rings is 2. The Morgan fingerprint density at radius 1 is 1.16 bits per heavy atom. The van der Waals surface area contributed by atoms with Crippen LogP contribution in [0.15, 0.2) is 58.6 Å². The molecule has 1 aliphatic rings. The molecule has 3 rings (SSSR count). The number of anilines is 1. The van der Waals surface area contributed by atoms with Crippen LogP contribution >= 0.6 is 0 Å². The molecule has 0 unspecified atom stereocenters. The first kappa shape index (κ1) is 23.3. The van der Waals surface area contributed by atoms with Crippen molar-refractivity contribution >= 4 is 21.4 Å². The van der Waals surface area contributed by atoms with E-state index in [-0.39, 0.29) is 21.9 Å². The van der Waals surface area contributed by atoms with Crippen LogP contribution in [-0.2, 0) is 15.9 Å². The number of hydrogen-bond acceptors (Lipinski definition) is 4. The summed E-state index contributed by atoms with van der Waals surface area (Å²) >= 11 is 0.